The van der Waals surface area contributed by atoms with Crippen LogP contribution in [-0.2, 0) is 15.1 Å². The Labute approximate surface area is 144 Å². The van der Waals surface area contributed by atoms with Crippen molar-refractivity contribution in [3.05, 3.63) is 71.8 Å². The van der Waals surface area contributed by atoms with Gasteiger partial charge in [-0.3, -0.25) is 4.79 Å². The molecule has 0 atom stereocenters. The molecule has 1 aliphatic carbocycles. The van der Waals surface area contributed by atoms with E-state index in [4.69, 9.17) is 4.74 Å². The fourth-order valence-electron chi connectivity index (χ4n) is 3.64. The molecule has 126 valence electrons. The van der Waals surface area contributed by atoms with E-state index in [1.54, 1.807) is 7.11 Å². The van der Waals surface area contributed by atoms with Crippen molar-refractivity contribution in [3.8, 4) is 0 Å². The second kappa shape index (κ2) is 7.63. The molecule has 0 spiro atoms. The van der Waals surface area contributed by atoms with Crippen LogP contribution >= 0.6 is 0 Å². The van der Waals surface area contributed by atoms with Crippen LogP contribution < -0.4 is 5.32 Å². The maximum absolute atomic E-state index is 13.3. The van der Waals surface area contributed by atoms with Crippen molar-refractivity contribution in [2.45, 2.75) is 43.7 Å². The average molecular weight is 323 g/mol. The van der Waals surface area contributed by atoms with Gasteiger partial charge >= 0.3 is 0 Å². The molecular formula is C21H25NO2. The minimum absolute atomic E-state index is 0.0747. The summed E-state index contributed by atoms with van der Waals surface area (Å²) in [5, 5.41) is 3.24. The number of carbonyl (C=O) groups excluding carboxylic acids is 1. The van der Waals surface area contributed by atoms with Crippen LogP contribution in [0.5, 0.6) is 0 Å². The molecule has 0 aromatic heterocycles. The molecular weight excluding hydrogens is 298 g/mol. The molecule has 2 aromatic carbocycles. The van der Waals surface area contributed by atoms with E-state index in [0.717, 1.165) is 24.0 Å². The zero-order valence-corrected chi connectivity index (χ0v) is 14.2. The number of methoxy groups -OCH3 is 1. The first-order valence-corrected chi connectivity index (χ1v) is 8.74. The lowest BCUT2D eigenvalue weighted by Gasteiger charge is -2.34. The number of amides is 1. The highest BCUT2D eigenvalue weighted by atomic mass is 16.5. The van der Waals surface area contributed by atoms with Crippen LogP contribution in [0.15, 0.2) is 60.7 Å². The van der Waals surface area contributed by atoms with Gasteiger partial charge in [-0.1, -0.05) is 79.9 Å². The van der Waals surface area contributed by atoms with Gasteiger partial charge in [0.25, 0.3) is 5.91 Å². The molecule has 0 radical (unpaired) electrons. The van der Waals surface area contributed by atoms with Crippen molar-refractivity contribution in [1.82, 2.24) is 5.32 Å². The lowest BCUT2D eigenvalue weighted by Crippen LogP contribution is -2.50. The van der Waals surface area contributed by atoms with Gasteiger partial charge in [-0.05, 0) is 24.0 Å². The summed E-state index contributed by atoms with van der Waals surface area (Å²) < 4.78 is 5.90. The Kier molecular flexibility index (Phi) is 5.31. The summed E-state index contributed by atoms with van der Waals surface area (Å²) in [6.45, 7) is 0. The number of carbonyl (C=O) groups is 1. The highest BCUT2D eigenvalue weighted by Gasteiger charge is 2.43. The van der Waals surface area contributed by atoms with Crippen molar-refractivity contribution in [1.29, 1.82) is 0 Å². The van der Waals surface area contributed by atoms with Gasteiger partial charge in [0.1, 0.15) is 0 Å². The topological polar surface area (TPSA) is 38.3 Å². The molecule has 1 N–H and O–H groups in total. The number of nitrogens with one attached hydrogen (secondary N) is 1. The summed E-state index contributed by atoms with van der Waals surface area (Å²) in [6, 6.07) is 19.7. The summed E-state index contributed by atoms with van der Waals surface area (Å²) in [5.74, 6) is -0.0747. The maximum atomic E-state index is 13.3. The minimum atomic E-state index is -1.11. The quantitative estimate of drug-likeness (QED) is 0.902. The maximum Gasteiger partial charge on any atom is 0.261 e. The molecule has 1 fully saturated rings. The molecule has 0 saturated heterocycles. The third kappa shape index (κ3) is 3.22. The molecule has 3 rings (SSSR count). The van der Waals surface area contributed by atoms with Crippen molar-refractivity contribution < 1.29 is 9.53 Å². The largest absolute Gasteiger partial charge is 0.359 e. The van der Waals surface area contributed by atoms with Crippen molar-refractivity contribution in [3.63, 3.8) is 0 Å². The first-order chi connectivity index (χ1) is 11.8. The average Bonchev–Trinajstić information content (AvgIpc) is 2.65. The molecule has 1 amide bonds. The highest BCUT2D eigenvalue weighted by Crippen LogP contribution is 2.34. The second-order valence-corrected chi connectivity index (χ2v) is 6.43. The summed E-state index contributed by atoms with van der Waals surface area (Å²) >= 11 is 0. The van der Waals surface area contributed by atoms with E-state index in [-0.39, 0.29) is 11.9 Å². The van der Waals surface area contributed by atoms with Gasteiger partial charge in [0, 0.05) is 13.2 Å². The summed E-state index contributed by atoms with van der Waals surface area (Å²) in [4.78, 5) is 13.3. The molecule has 0 unspecified atom stereocenters. The normalized spacial score (nSPS) is 15.9. The van der Waals surface area contributed by atoms with Gasteiger partial charge in [-0.15, -0.1) is 0 Å². The van der Waals surface area contributed by atoms with Gasteiger partial charge in [0.05, 0.1) is 0 Å². The molecule has 0 aliphatic heterocycles. The van der Waals surface area contributed by atoms with Crippen LogP contribution in [0.25, 0.3) is 0 Å². The molecule has 0 bridgehead atoms. The van der Waals surface area contributed by atoms with E-state index in [2.05, 4.69) is 5.32 Å². The molecule has 24 heavy (non-hydrogen) atoms. The Morgan fingerprint density at radius 2 is 1.42 bits per heavy atom. The fourth-order valence-corrected chi connectivity index (χ4v) is 3.64. The Morgan fingerprint density at radius 3 is 1.88 bits per heavy atom. The molecule has 1 aliphatic rings. The van der Waals surface area contributed by atoms with Crippen LogP contribution in [0, 0.1) is 0 Å². The van der Waals surface area contributed by atoms with Crippen LogP contribution in [-0.4, -0.2) is 19.1 Å². The molecule has 2 aromatic rings. The van der Waals surface area contributed by atoms with Crippen LogP contribution in [0.1, 0.15) is 43.2 Å². The second-order valence-electron chi connectivity index (χ2n) is 6.43. The Bertz CT molecular complexity index is 609. The predicted molar refractivity (Wildman–Crippen MR) is 95.7 cm³/mol. The Balaban J connectivity index is 1.99. The predicted octanol–water partition coefficient (Wildman–Crippen LogP) is 4.03. The minimum Gasteiger partial charge on any atom is -0.359 e. The van der Waals surface area contributed by atoms with Crippen LogP contribution in [0.3, 0.4) is 0 Å². The monoisotopic (exact) mass is 323 g/mol. The number of benzene rings is 2. The summed E-state index contributed by atoms with van der Waals surface area (Å²) in [7, 11) is 1.61. The van der Waals surface area contributed by atoms with E-state index in [0.29, 0.717) is 0 Å². The standard InChI is InChI=1S/C21H25NO2/c1-24-21(17-11-5-2-6-12-17,18-13-7-3-8-14-18)20(23)22-19-15-9-4-10-16-19/h2-3,5-8,11-14,19H,4,9-10,15-16H2,1H3,(H,22,23). The van der Waals surface area contributed by atoms with E-state index in [1.807, 2.05) is 60.7 Å². The van der Waals surface area contributed by atoms with Crippen molar-refractivity contribution in [2.24, 2.45) is 0 Å². The molecule has 3 heteroatoms. The van der Waals surface area contributed by atoms with Crippen LogP contribution in [0.4, 0.5) is 0 Å². The fraction of sp³-hybridized carbons (Fsp3) is 0.381. The van der Waals surface area contributed by atoms with E-state index in [9.17, 15) is 4.79 Å². The molecule has 0 heterocycles. The van der Waals surface area contributed by atoms with Gasteiger partial charge in [-0.2, -0.15) is 0 Å². The SMILES string of the molecule is COC(C(=O)NC1CCCCC1)(c1ccccc1)c1ccccc1. The van der Waals surface area contributed by atoms with E-state index >= 15 is 0 Å². The highest BCUT2D eigenvalue weighted by molar-refractivity contribution is 5.90. The van der Waals surface area contributed by atoms with E-state index < -0.39 is 5.60 Å². The smallest absolute Gasteiger partial charge is 0.261 e. The number of hydrogen-bond donors (Lipinski definition) is 1. The summed E-state index contributed by atoms with van der Waals surface area (Å²) in [6.07, 6.45) is 5.73. The van der Waals surface area contributed by atoms with Crippen molar-refractivity contribution in [2.75, 3.05) is 7.11 Å². The van der Waals surface area contributed by atoms with Gasteiger partial charge in [0.15, 0.2) is 5.60 Å². The van der Waals surface area contributed by atoms with E-state index in [1.165, 1.54) is 19.3 Å². The number of hydrogen-bond acceptors (Lipinski definition) is 2. The first kappa shape index (κ1) is 16.7. The third-order valence-electron chi connectivity index (χ3n) is 4.93. The van der Waals surface area contributed by atoms with Gasteiger partial charge < -0.3 is 10.1 Å². The Hall–Kier alpha value is -2.13. The van der Waals surface area contributed by atoms with Gasteiger partial charge in [0.2, 0.25) is 0 Å². The first-order valence-electron chi connectivity index (χ1n) is 8.74. The number of rotatable bonds is 5. The molecule has 3 nitrogen and oxygen atoms in total. The third-order valence-corrected chi connectivity index (χ3v) is 4.93. The summed E-state index contributed by atoms with van der Waals surface area (Å²) in [5.41, 5.74) is 0.596. The lowest BCUT2D eigenvalue weighted by atomic mass is 9.84. The Morgan fingerprint density at radius 1 is 0.917 bits per heavy atom. The van der Waals surface area contributed by atoms with Gasteiger partial charge in [-0.25, -0.2) is 0 Å². The zero-order valence-electron chi connectivity index (χ0n) is 14.2. The lowest BCUT2D eigenvalue weighted by molar-refractivity contribution is -0.140. The number of ether oxygens (including phenoxy) is 1. The molecule has 1 saturated carbocycles. The van der Waals surface area contributed by atoms with Crippen molar-refractivity contribution >= 4 is 5.91 Å². The zero-order chi connectivity index (χ0) is 16.8. The van der Waals surface area contributed by atoms with Crippen LogP contribution in [0.2, 0.25) is 0 Å².